The third-order valence-electron chi connectivity index (χ3n) is 3.19. The minimum Gasteiger partial charge on any atom is -0.399 e. The average Bonchev–Trinajstić information content (AvgIpc) is 2.68. The molecule has 2 aromatic carbocycles. The van der Waals surface area contributed by atoms with Crippen LogP contribution in [0.1, 0.15) is 0 Å². The van der Waals surface area contributed by atoms with Gasteiger partial charge in [-0.2, -0.15) is 5.26 Å². The van der Waals surface area contributed by atoms with Crippen LogP contribution in [-0.4, -0.2) is 33.1 Å². The van der Waals surface area contributed by atoms with Crippen molar-refractivity contribution >= 4 is 33.0 Å². The van der Waals surface area contributed by atoms with Crippen LogP contribution in [0.3, 0.4) is 0 Å². The number of hydrogen-bond donors (Lipinski definition) is 5. The molecule has 0 saturated carbocycles. The van der Waals surface area contributed by atoms with Crippen LogP contribution < -0.4 is 21.5 Å². The van der Waals surface area contributed by atoms with Crippen LogP contribution in [-0.2, 0) is 14.8 Å². The van der Waals surface area contributed by atoms with Crippen LogP contribution in [0.25, 0.3) is 0 Å². The van der Waals surface area contributed by atoms with E-state index >= 15 is 0 Å². The van der Waals surface area contributed by atoms with Gasteiger partial charge in [0.2, 0.25) is 15.9 Å². The Morgan fingerprint density at radius 2 is 1.81 bits per heavy atom. The second-order valence-electron chi connectivity index (χ2n) is 5.14. The zero-order valence-corrected chi connectivity index (χ0v) is 15.3. The molecule has 142 valence electrons. The lowest BCUT2D eigenvalue weighted by molar-refractivity contribution is -0.116. The highest BCUT2D eigenvalue weighted by atomic mass is 32.2. The predicted octanol–water partition coefficient (Wildman–Crippen LogP) is 0.673. The molecule has 0 aliphatic rings. The Bertz CT molecular complexity index is 939. The molecule has 0 spiro atoms. The lowest BCUT2D eigenvalue weighted by atomic mass is 10.2. The van der Waals surface area contributed by atoms with Crippen molar-refractivity contribution in [3.8, 4) is 6.07 Å². The number of benzene rings is 2. The standard InChI is InChI=1S/C10H10N4O.C7H10N2O2S/c11-6-8(12)9(13)10(15)14-7-4-2-1-3-5-7;1-9-12(10,11)7-4-2-3-6(8)5-7/h1-5,9,12H,13H2,(H,14,15);2-5,9H,8H2,1H3. The van der Waals surface area contributed by atoms with Crippen LogP contribution in [0, 0.1) is 16.7 Å². The van der Waals surface area contributed by atoms with Gasteiger partial charge in [-0.3, -0.25) is 10.2 Å². The van der Waals surface area contributed by atoms with Crippen molar-refractivity contribution in [1.29, 1.82) is 10.7 Å². The quantitative estimate of drug-likeness (QED) is 0.371. The van der Waals surface area contributed by atoms with Gasteiger partial charge in [0.25, 0.3) is 0 Å². The first-order chi connectivity index (χ1) is 12.7. The molecule has 0 aliphatic heterocycles. The summed E-state index contributed by atoms with van der Waals surface area (Å²) in [5, 5.41) is 18.0. The molecule has 0 aromatic heterocycles. The van der Waals surface area contributed by atoms with Gasteiger partial charge in [0.1, 0.15) is 17.8 Å². The number of nitrogens with one attached hydrogen (secondary N) is 3. The van der Waals surface area contributed by atoms with E-state index in [0.717, 1.165) is 0 Å². The molecule has 1 atom stereocenters. The molecule has 0 fully saturated rings. The second kappa shape index (κ2) is 10.0. The Morgan fingerprint density at radius 1 is 1.19 bits per heavy atom. The number of carbonyl (C=O) groups is 1. The zero-order chi connectivity index (χ0) is 20.4. The molecule has 10 heteroatoms. The number of nitrogens with two attached hydrogens (primary N) is 2. The monoisotopic (exact) mass is 388 g/mol. The molecule has 9 nitrogen and oxygen atoms in total. The fourth-order valence-electron chi connectivity index (χ4n) is 1.74. The van der Waals surface area contributed by atoms with Gasteiger partial charge in [-0.05, 0) is 37.4 Å². The molecule has 0 radical (unpaired) electrons. The smallest absolute Gasteiger partial charge is 0.248 e. The summed E-state index contributed by atoms with van der Waals surface area (Å²) in [6, 6.07) is 15.2. The van der Waals surface area contributed by atoms with Crippen LogP contribution in [0.15, 0.2) is 59.5 Å². The van der Waals surface area contributed by atoms with Gasteiger partial charge in [0.05, 0.1) is 4.90 Å². The Kier molecular flexibility index (Phi) is 8.09. The highest BCUT2D eigenvalue weighted by Gasteiger charge is 2.18. The summed E-state index contributed by atoms with van der Waals surface area (Å²) in [7, 11) is -1.99. The minimum atomic E-state index is -3.35. The summed E-state index contributed by atoms with van der Waals surface area (Å²) in [5.41, 5.74) is 11.3. The molecule has 1 amide bonds. The number of amides is 1. The number of rotatable bonds is 5. The lowest BCUT2D eigenvalue weighted by Gasteiger charge is -2.08. The molecule has 0 bridgehead atoms. The van der Waals surface area contributed by atoms with Gasteiger partial charge in [-0.15, -0.1) is 0 Å². The Balaban J connectivity index is 0.000000277. The fourth-order valence-corrected chi connectivity index (χ4v) is 2.53. The molecule has 1 unspecified atom stereocenters. The average molecular weight is 388 g/mol. The lowest BCUT2D eigenvalue weighted by Crippen LogP contribution is -2.41. The van der Waals surface area contributed by atoms with E-state index < -0.39 is 27.7 Å². The van der Waals surface area contributed by atoms with E-state index in [1.165, 1.54) is 25.2 Å². The third-order valence-corrected chi connectivity index (χ3v) is 4.60. The van der Waals surface area contributed by atoms with Crippen molar-refractivity contribution in [1.82, 2.24) is 4.72 Å². The number of nitrogens with zero attached hydrogens (tertiary/aromatic N) is 1. The van der Waals surface area contributed by atoms with Crippen molar-refractivity contribution in [2.75, 3.05) is 18.1 Å². The molecule has 7 N–H and O–H groups in total. The summed E-state index contributed by atoms with van der Waals surface area (Å²) in [4.78, 5) is 11.6. The van der Waals surface area contributed by atoms with E-state index in [0.29, 0.717) is 11.4 Å². The largest absolute Gasteiger partial charge is 0.399 e. The molecule has 27 heavy (non-hydrogen) atoms. The highest BCUT2D eigenvalue weighted by Crippen LogP contribution is 2.11. The third kappa shape index (κ3) is 6.87. The molecule has 0 saturated heterocycles. The number of sulfonamides is 1. The van der Waals surface area contributed by atoms with E-state index in [2.05, 4.69) is 10.0 Å². The van der Waals surface area contributed by atoms with E-state index in [1.807, 2.05) is 6.07 Å². The van der Waals surface area contributed by atoms with Gasteiger partial charge < -0.3 is 16.8 Å². The fraction of sp³-hybridized carbons (Fsp3) is 0.118. The first-order valence-electron chi connectivity index (χ1n) is 7.60. The van der Waals surface area contributed by atoms with Gasteiger partial charge in [-0.25, -0.2) is 13.1 Å². The van der Waals surface area contributed by atoms with Crippen LogP contribution >= 0.6 is 0 Å². The van der Waals surface area contributed by atoms with Gasteiger partial charge in [-0.1, -0.05) is 24.3 Å². The van der Waals surface area contributed by atoms with E-state index in [1.54, 1.807) is 36.4 Å². The Labute approximate surface area is 157 Å². The number of nitriles is 1. The minimum absolute atomic E-state index is 0.185. The van der Waals surface area contributed by atoms with Crippen molar-refractivity contribution in [3.05, 3.63) is 54.6 Å². The second-order valence-corrected chi connectivity index (χ2v) is 7.03. The van der Waals surface area contributed by atoms with Crippen LogP contribution in [0.4, 0.5) is 11.4 Å². The molecular formula is C17H20N6O3S. The number of para-hydroxylation sites is 1. The van der Waals surface area contributed by atoms with E-state index in [-0.39, 0.29) is 4.90 Å². The van der Waals surface area contributed by atoms with Crippen molar-refractivity contribution in [2.45, 2.75) is 10.9 Å². The Hall–Kier alpha value is -3.26. The van der Waals surface area contributed by atoms with Crippen LogP contribution in [0.5, 0.6) is 0 Å². The maximum Gasteiger partial charge on any atom is 0.248 e. The maximum atomic E-state index is 11.4. The SMILES string of the molecule is CNS(=O)(=O)c1cccc(N)c1.N#CC(=N)C(N)C(=O)Nc1ccccc1. The Morgan fingerprint density at radius 3 is 2.33 bits per heavy atom. The van der Waals surface area contributed by atoms with Gasteiger partial charge in [0.15, 0.2) is 0 Å². The number of carbonyl (C=O) groups excluding carboxylic acids is 1. The van der Waals surface area contributed by atoms with Crippen molar-refractivity contribution in [2.24, 2.45) is 5.73 Å². The zero-order valence-electron chi connectivity index (χ0n) is 14.5. The molecule has 0 aliphatic carbocycles. The maximum absolute atomic E-state index is 11.4. The topological polar surface area (TPSA) is 175 Å². The van der Waals surface area contributed by atoms with Crippen molar-refractivity contribution < 1.29 is 13.2 Å². The highest BCUT2D eigenvalue weighted by molar-refractivity contribution is 7.89. The first-order valence-corrected chi connectivity index (χ1v) is 9.08. The van der Waals surface area contributed by atoms with Crippen LogP contribution in [0.2, 0.25) is 0 Å². The number of nitrogen functional groups attached to an aromatic ring is 1. The van der Waals surface area contributed by atoms with E-state index in [4.69, 9.17) is 22.1 Å². The predicted molar refractivity (Wildman–Crippen MR) is 103 cm³/mol. The normalized spacial score (nSPS) is 11.3. The summed E-state index contributed by atoms with van der Waals surface area (Å²) in [6.07, 6.45) is 0. The summed E-state index contributed by atoms with van der Waals surface area (Å²) < 4.78 is 24.6. The summed E-state index contributed by atoms with van der Waals surface area (Å²) in [5.74, 6) is -0.562. The summed E-state index contributed by atoms with van der Waals surface area (Å²) in [6.45, 7) is 0. The van der Waals surface area contributed by atoms with Gasteiger partial charge >= 0.3 is 0 Å². The molecule has 2 aromatic rings. The van der Waals surface area contributed by atoms with Crippen molar-refractivity contribution in [3.63, 3.8) is 0 Å². The van der Waals surface area contributed by atoms with E-state index in [9.17, 15) is 13.2 Å². The molecule has 0 heterocycles. The summed E-state index contributed by atoms with van der Waals surface area (Å²) >= 11 is 0. The number of hydrogen-bond acceptors (Lipinski definition) is 7. The first kappa shape index (κ1) is 21.8. The molecule has 2 rings (SSSR count). The number of anilines is 2. The van der Waals surface area contributed by atoms with Gasteiger partial charge in [0, 0.05) is 11.4 Å². The molecular weight excluding hydrogens is 368 g/mol.